The largest absolute Gasteiger partial charge is 0.386 e. The van der Waals surface area contributed by atoms with E-state index in [1.54, 1.807) is 0 Å². The highest BCUT2D eigenvalue weighted by atomic mass is 35.5. The zero-order chi connectivity index (χ0) is 23.5. The van der Waals surface area contributed by atoms with Gasteiger partial charge in [0.25, 0.3) is 5.91 Å². The molecule has 2 atom stereocenters. The van der Waals surface area contributed by atoms with Crippen LogP contribution < -0.4 is 11.1 Å². The van der Waals surface area contributed by atoms with E-state index < -0.39 is 48.6 Å². The van der Waals surface area contributed by atoms with E-state index in [0.29, 0.717) is 0 Å². The molecular formula is C20H19ClF2N4O4S. The zero-order valence-corrected chi connectivity index (χ0v) is 18.6. The van der Waals surface area contributed by atoms with Crippen molar-refractivity contribution in [3.63, 3.8) is 0 Å². The maximum Gasteiger partial charge on any atom is 0.277 e. The van der Waals surface area contributed by atoms with Gasteiger partial charge in [0, 0.05) is 17.4 Å². The molecule has 32 heavy (non-hydrogen) atoms. The Kier molecular flexibility index (Phi) is 5.26. The molecule has 0 bridgehead atoms. The number of anilines is 1. The minimum absolute atomic E-state index is 0.0198. The van der Waals surface area contributed by atoms with Gasteiger partial charge in [-0.2, -0.15) is 0 Å². The number of carbonyl (C=O) groups is 1. The van der Waals surface area contributed by atoms with E-state index in [1.165, 1.54) is 26.0 Å². The predicted molar refractivity (Wildman–Crippen MR) is 114 cm³/mol. The molecule has 3 heterocycles. The van der Waals surface area contributed by atoms with Crippen LogP contribution in [0.1, 0.15) is 29.9 Å². The van der Waals surface area contributed by atoms with Gasteiger partial charge in [-0.05, 0) is 38.1 Å². The number of fused-ring (bicyclic) bond motifs is 1. The Balaban J connectivity index is 1.78. The van der Waals surface area contributed by atoms with Gasteiger partial charge in [-0.1, -0.05) is 11.6 Å². The summed E-state index contributed by atoms with van der Waals surface area (Å²) in [6.07, 6.45) is 1.11. The number of nitrogens with one attached hydrogen (secondary N) is 1. The first-order chi connectivity index (χ1) is 14.9. The fourth-order valence-corrected chi connectivity index (χ4v) is 6.10. The molecule has 1 saturated heterocycles. The molecule has 8 nitrogen and oxygen atoms in total. The van der Waals surface area contributed by atoms with Crippen molar-refractivity contribution < 1.29 is 26.7 Å². The molecule has 4 rings (SSSR count). The number of nitrogens with zero attached hydrogens (tertiary/aromatic N) is 2. The maximum absolute atomic E-state index is 15.0. The molecule has 0 spiro atoms. The first-order valence-corrected chi connectivity index (χ1v) is 11.4. The van der Waals surface area contributed by atoms with Crippen molar-refractivity contribution in [1.29, 1.82) is 0 Å². The van der Waals surface area contributed by atoms with Crippen LogP contribution in [0.4, 0.5) is 14.5 Å². The van der Waals surface area contributed by atoms with Gasteiger partial charge in [-0.15, -0.1) is 0 Å². The normalized spacial score (nSPS) is 25.7. The van der Waals surface area contributed by atoms with Crippen molar-refractivity contribution in [2.24, 2.45) is 10.7 Å². The van der Waals surface area contributed by atoms with Crippen molar-refractivity contribution in [2.75, 3.05) is 18.5 Å². The van der Waals surface area contributed by atoms with Crippen LogP contribution in [0.5, 0.6) is 0 Å². The van der Waals surface area contributed by atoms with Crippen molar-refractivity contribution in [1.82, 2.24) is 4.98 Å². The molecule has 0 radical (unpaired) electrons. The SMILES string of the molecule is CC1(C)C(N)=N[C@@]2(c3cc(NC(=O)c4ncc(Cl)cc4F)ccc3F)COC[C@H]2S1(=O)=O. The number of amidine groups is 1. The molecule has 1 amide bonds. The lowest BCUT2D eigenvalue weighted by molar-refractivity contribution is 0.101. The Bertz CT molecular complexity index is 1270. The second-order valence-corrected chi connectivity index (χ2v) is 11.2. The third kappa shape index (κ3) is 3.26. The van der Waals surface area contributed by atoms with Gasteiger partial charge in [-0.25, -0.2) is 22.2 Å². The molecule has 2 aliphatic rings. The average Bonchev–Trinajstić information content (AvgIpc) is 3.14. The number of halogens is 3. The molecule has 2 aromatic rings. The van der Waals surface area contributed by atoms with E-state index in [0.717, 1.165) is 18.3 Å². The van der Waals surface area contributed by atoms with E-state index in [1.807, 2.05) is 0 Å². The summed E-state index contributed by atoms with van der Waals surface area (Å²) in [7, 11) is -3.91. The molecule has 0 aliphatic carbocycles. The standard InChI is InChI=1S/C20H19ClF2N4O4S/c1-19(2)18(24)27-20(9-31-8-15(20)32(19,29)30)12-6-11(3-4-13(12)22)26-17(28)16-14(23)5-10(21)7-25-16/h3-7,15H,8-9H2,1-2H3,(H2,24,27)(H,26,28)/t15-,20-/m1/s1. The highest BCUT2D eigenvalue weighted by molar-refractivity contribution is 7.94. The Morgan fingerprint density at radius 3 is 2.69 bits per heavy atom. The van der Waals surface area contributed by atoms with Gasteiger partial charge in [0.05, 0.1) is 18.2 Å². The molecule has 170 valence electrons. The second-order valence-electron chi connectivity index (χ2n) is 8.11. The molecule has 12 heteroatoms. The minimum Gasteiger partial charge on any atom is -0.386 e. The highest BCUT2D eigenvalue weighted by Crippen LogP contribution is 2.47. The first kappa shape index (κ1) is 22.6. The number of sulfone groups is 1. The average molecular weight is 485 g/mol. The maximum atomic E-state index is 15.0. The number of benzene rings is 1. The quantitative estimate of drug-likeness (QED) is 0.689. The van der Waals surface area contributed by atoms with E-state index in [-0.39, 0.29) is 35.3 Å². The van der Waals surface area contributed by atoms with Gasteiger partial charge in [-0.3, -0.25) is 9.79 Å². The number of rotatable bonds is 3. The van der Waals surface area contributed by atoms with Crippen LogP contribution in [0.25, 0.3) is 0 Å². The molecule has 3 N–H and O–H groups in total. The number of ether oxygens (including phenoxy) is 1. The summed E-state index contributed by atoms with van der Waals surface area (Å²) in [4.78, 5) is 20.5. The van der Waals surface area contributed by atoms with Crippen LogP contribution in [-0.2, 0) is 20.1 Å². The number of pyridine rings is 1. The zero-order valence-electron chi connectivity index (χ0n) is 17.0. The Hall–Kier alpha value is -2.63. The highest BCUT2D eigenvalue weighted by Gasteiger charge is 2.62. The van der Waals surface area contributed by atoms with Crippen LogP contribution in [-0.4, -0.2) is 48.4 Å². The lowest BCUT2D eigenvalue weighted by atomic mass is 9.87. The summed E-state index contributed by atoms with van der Waals surface area (Å²) in [6.45, 7) is 2.47. The van der Waals surface area contributed by atoms with Gasteiger partial charge in [0.15, 0.2) is 21.3 Å². The summed E-state index contributed by atoms with van der Waals surface area (Å²) in [5, 5.41) is 1.28. The second kappa shape index (κ2) is 7.46. The predicted octanol–water partition coefficient (Wildman–Crippen LogP) is 2.42. The third-order valence-corrected chi connectivity index (χ3v) is 8.97. The molecule has 0 saturated carbocycles. The van der Waals surface area contributed by atoms with Crippen LogP contribution >= 0.6 is 11.6 Å². The third-order valence-electron chi connectivity index (χ3n) is 5.86. The molecule has 0 unspecified atom stereocenters. The van der Waals surface area contributed by atoms with Crippen LogP contribution in [0, 0.1) is 11.6 Å². The number of aromatic nitrogens is 1. The lowest BCUT2D eigenvalue weighted by Crippen LogP contribution is -2.60. The minimum atomic E-state index is -3.91. The van der Waals surface area contributed by atoms with Crippen molar-refractivity contribution >= 4 is 38.9 Å². The number of nitrogens with two attached hydrogens (primary N) is 1. The fourth-order valence-electron chi connectivity index (χ4n) is 3.87. The van der Waals surface area contributed by atoms with Crippen molar-refractivity contribution in [2.45, 2.75) is 29.4 Å². The summed E-state index contributed by atoms with van der Waals surface area (Å²) < 4.78 is 59.5. The lowest BCUT2D eigenvalue weighted by Gasteiger charge is -2.41. The number of amides is 1. The Morgan fingerprint density at radius 2 is 2.00 bits per heavy atom. The van der Waals surface area contributed by atoms with Crippen LogP contribution in [0.3, 0.4) is 0 Å². The number of carbonyl (C=O) groups excluding carboxylic acids is 1. The van der Waals surface area contributed by atoms with Gasteiger partial charge in [0.1, 0.15) is 27.2 Å². The summed E-state index contributed by atoms with van der Waals surface area (Å²) in [5.41, 5.74) is 3.85. The van der Waals surface area contributed by atoms with E-state index in [9.17, 15) is 22.0 Å². The topological polar surface area (TPSA) is 124 Å². The number of aliphatic imine (C=N–C) groups is 1. The molecule has 1 fully saturated rings. The smallest absolute Gasteiger partial charge is 0.277 e. The molecular weight excluding hydrogens is 466 g/mol. The summed E-state index contributed by atoms with van der Waals surface area (Å²) in [6, 6.07) is 4.48. The fraction of sp³-hybridized carbons (Fsp3) is 0.350. The Labute approximate surface area is 187 Å². The van der Waals surface area contributed by atoms with E-state index >= 15 is 0 Å². The Morgan fingerprint density at radius 1 is 1.28 bits per heavy atom. The monoisotopic (exact) mass is 484 g/mol. The van der Waals surface area contributed by atoms with Crippen LogP contribution in [0.2, 0.25) is 5.02 Å². The van der Waals surface area contributed by atoms with E-state index in [4.69, 9.17) is 22.1 Å². The number of hydrogen-bond acceptors (Lipinski definition) is 7. The first-order valence-electron chi connectivity index (χ1n) is 9.49. The van der Waals surface area contributed by atoms with E-state index in [2.05, 4.69) is 15.3 Å². The summed E-state index contributed by atoms with van der Waals surface area (Å²) in [5.74, 6) is -2.74. The van der Waals surface area contributed by atoms with Crippen molar-refractivity contribution in [3.05, 3.63) is 58.4 Å². The molecule has 2 aliphatic heterocycles. The molecule has 1 aromatic heterocycles. The van der Waals surface area contributed by atoms with Gasteiger partial charge >= 0.3 is 0 Å². The van der Waals surface area contributed by atoms with Gasteiger partial charge < -0.3 is 15.8 Å². The van der Waals surface area contributed by atoms with Crippen LogP contribution in [0.15, 0.2) is 35.5 Å². The summed E-state index contributed by atoms with van der Waals surface area (Å²) >= 11 is 5.65. The van der Waals surface area contributed by atoms with Gasteiger partial charge in [0.2, 0.25) is 0 Å². The number of hydrogen-bond donors (Lipinski definition) is 2. The van der Waals surface area contributed by atoms with Crippen molar-refractivity contribution in [3.8, 4) is 0 Å². The molecule has 1 aromatic carbocycles.